The Bertz CT molecular complexity index is 519. The van der Waals surface area contributed by atoms with Crippen LogP contribution in [0.2, 0.25) is 0 Å². The first kappa shape index (κ1) is 10.6. The second-order valence-corrected chi connectivity index (χ2v) is 3.47. The van der Waals surface area contributed by atoms with Crippen LogP contribution in [0.3, 0.4) is 0 Å². The molecule has 16 heavy (non-hydrogen) atoms. The molecule has 0 saturated heterocycles. The van der Waals surface area contributed by atoms with Crippen molar-refractivity contribution in [1.82, 2.24) is 15.3 Å². The molecule has 0 fully saturated rings. The number of aromatic nitrogens is 2. The average molecular weight is 215 g/mol. The summed E-state index contributed by atoms with van der Waals surface area (Å²) >= 11 is 0. The fraction of sp³-hybridized carbons (Fsp3) is 0.167. The number of hydrogen-bond acceptors (Lipinski definition) is 3. The Morgan fingerprint density at radius 2 is 2.06 bits per heavy atom. The first-order chi connectivity index (χ1) is 7.81. The summed E-state index contributed by atoms with van der Waals surface area (Å²) in [7, 11) is 1.81. The highest BCUT2D eigenvalue weighted by Gasteiger charge is 2.03. The van der Waals surface area contributed by atoms with E-state index in [1.165, 1.54) is 0 Å². The normalized spacial score (nSPS) is 10.3. The Morgan fingerprint density at radius 1 is 1.31 bits per heavy atom. The van der Waals surface area contributed by atoms with Gasteiger partial charge in [-0.1, -0.05) is 30.3 Å². The molecule has 4 nitrogen and oxygen atoms in total. The summed E-state index contributed by atoms with van der Waals surface area (Å²) in [6.45, 7) is 0.560. The molecule has 0 bridgehead atoms. The largest absolute Gasteiger partial charge is 0.313 e. The van der Waals surface area contributed by atoms with Crippen molar-refractivity contribution < 1.29 is 0 Å². The molecule has 2 N–H and O–H groups in total. The molecule has 82 valence electrons. The highest BCUT2D eigenvalue weighted by atomic mass is 16.1. The van der Waals surface area contributed by atoms with Crippen LogP contribution in [0.1, 0.15) is 5.82 Å². The van der Waals surface area contributed by atoms with Gasteiger partial charge in [0.15, 0.2) is 0 Å². The summed E-state index contributed by atoms with van der Waals surface area (Å²) in [5.41, 5.74) is 1.37. The van der Waals surface area contributed by atoms with Crippen molar-refractivity contribution in [2.45, 2.75) is 6.54 Å². The molecular weight excluding hydrogens is 202 g/mol. The van der Waals surface area contributed by atoms with E-state index in [9.17, 15) is 4.79 Å². The van der Waals surface area contributed by atoms with Gasteiger partial charge in [-0.2, -0.15) is 0 Å². The number of H-pyrrole nitrogens is 1. The van der Waals surface area contributed by atoms with Gasteiger partial charge in [-0.15, -0.1) is 0 Å². The van der Waals surface area contributed by atoms with E-state index in [0.717, 1.165) is 5.56 Å². The van der Waals surface area contributed by atoms with Gasteiger partial charge in [0.05, 0.1) is 12.1 Å². The summed E-state index contributed by atoms with van der Waals surface area (Å²) in [4.78, 5) is 18.7. The minimum Gasteiger partial charge on any atom is -0.313 e. The fourth-order valence-corrected chi connectivity index (χ4v) is 1.51. The van der Waals surface area contributed by atoms with Gasteiger partial charge in [0.25, 0.3) is 5.56 Å². The van der Waals surface area contributed by atoms with Crippen molar-refractivity contribution in [2.75, 3.05) is 7.05 Å². The van der Waals surface area contributed by atoms with Gasteiger partial charge in [0.1, 0.15) is 5.82 Å². The van der Waals surface area contributed by atoms with Crippen molar-refractivity contribution in [1.29, 1.82) is 0 Å². The zero-order valence-electron chi connectivity index (χ0n) is 9.03. The molecule has 0 spiro atoms. The molecule has 0 atom stereocenters. The van der Waals surface area contributed by atoms with Crippen LogP contribution in [0.4, 0.5) is 0 Å². The number of hydrogen-bond donors (Lipinski definition) is 2. The summed E-state index contributed by atoms with van der Waals surface area (Å²) in [5, 5.41) is 2.94. The Hall–Kier alpha value is -1.94. The quantitative estimate of drug-likeness (QED) is 0.807. The van der Waals surface area contributed by atoms with E-state index in [1.807, 2.05) is 37.4 Å². The van der Waals surface area contributed by atoms with Crippen LogP contribution in [-0.4, -0.2) is 17.0 Å². The molecule has 0 aliphatic heterocycles. The summed E-state index contributed by atoms with van der Waals surface area (Å²) in [6, 6.07) is 9.50. The number of benzene rings is 1. The van der Waals surface area contributed by atoms with E-state index in [2.05, 4.69) is 15.3 Å². The average Bonchev–Trinajstić information content (AvgIpc) is 2.31. The molecule has 4 heteroatoms. The van der Waals surface area contributed by atoms with Crippen LogP contribution >= 0.6 is 0 Å². The van der Waals surface area contributed by atoms with E-state index in [0.29, 0.717) is 17.9 Å². The summed E-state index contributed by atoms with van der Waals surface area (Å²) < 4.78 is 0. The van der Waals surface area contributed by atoms with Crippen molar-refractivity contribution in [2.24, 2.45) is 0 Å². The number of nitrogens with zero attached hydrogens (tertiary/aromatic N) is 1. The molecular formula is C12H13N3O. The minimum absolute atomic E-state index is 0.105. The van der Waals surface area contributed by atoms with Crippen LogP contribution in [0.5, 0.6) is 0 Å². The summed E-state index contributed by atoms with van der Waals surface area (Å²) in [5.74, 6) is 0.646. The van der Waals surface area contributed by atoms with Crippen molar-refractivity contribution >= 4 is 0 Å². The van der Waals surface area contributed by atoms with Crippen LogP contribution in [0, 0.1) is 0 Å². The van der Waals surface area contributed by atoms with Crippen LogP contribution < -0.4 is 10.9 Å². The summed E-state index contributed by atoms with van der Waals surface area (Å²) in [6.07, 6.45) is 1.61. The fourth-order valence-electron chi connectivity index (χ4n) is 1.51. The van der Waals surface area contributed by atoms with Crippen LogP contribution in [0.25, 0.3) is 11.1 Å². The van der Waals surface area contributed by atoms with E-state index in [1.54, 1.807) is 6.20 Å². The molecule has 0 amide bonds. The predicted octanol–water partition coefficient (Wildman–Crippen LogP) is 1.16. The lowest BCUT2D eigenvalue weighted by molar-refractivity contribution is 0.753. The maximum absolute atomic E-state index is 11.8. The minimum atomic E-state index is -0.105. The third kappa shape index (κ3) is 2.17. The maximum atomic E-state index is 11.8. The Balaban J connectivity index is 2.41. The van der Waals surface area contributed by atoms with Gasteiger partial charge in [0, 0.05) is 6.20 Å². The van der Waals surface area contributed by atoms with Gasteiger partial charge in [-0.3, -0.25) is 4.79 Å². The Kier molecular flexibility index (Phi) is 3.12. The van der Waals surface area contributed by atoms with Crippen LogP contribution in [-0.2, 0) is 6.54 Å². The Morgan fingerprint density at radius 3 is 2.69 bits per heavy atom. The topological polar surface area (TPSA) is 57.8 Å². The van der Waals surface area contributed by atoms with Gasteiger partial charge < -0.3 is 10.3 Å². The number of aromatic amines is 1. The molecule has 0 unspecified atom stereocenters. The standard InChI is InChI=1S/C12H13N3O/c1-13-8-11-14-7-10(12(16)15-11)9-5-3-2-4-6-9/h2-7,13H,8H2,1H3,(H,14,15,16). The van der Waals surface area contributed by atoms with E-state index in [-0.39, 0.29) is 5.56 Å². The lowest BCUT2D eigenvalue weighted by atomic mass is 10.1. The van der Waals surface area contributed by atoms with Gasteiger partial charge in [-0.05, 0) is 12.6 Å². The zero-order valence-corrected chi connectivity index (χ0v) is 9.03. The molecule has 0 radical (unpaired) electrons. The maximum Gasteiger partial charge on any atom is 0.258 e. The van der Waals surface area contributed by atoms with E-state index < -0.39 is 0 Å². The third-order valence-corrected chi connectivity index (χ3v) is 2.28. The van der Waals surface area contributed by atoms with E-state index in [4.69, 9.17) is 0 Å². The van der Waals surface area contributed by atoms with Crippen molar-refractivity contribution in [3.8, 4) is 11.1 Å². The van der Waals surface area contributed by atoms with Gasteiger partial charge in [0.2, 0.25) is 0 Å². The second-order valence-electron chi connectivity index (χ2n) is 3.47. The molecule has 0 aliphatic rings. The molecule has 2 aromatic rings. The first-order valence-electron chi connectivity index (χ1n) is 5.09. The Labute approximate surface area is 93.4 Å². The molecule has 0 saturated carbocycles. The highest BCUT2D eigenvalue weighted by molar-refractivity contribution is 5.60. The second kappa shape index (κ2) is 4.72. The molecule has 1 heterocycles. The molecule has 1 aromatic carbocycles. The number of nitrogens with one attached hydrogen (secondary N) is 2. The molecule has 0 aliphatic carbocycles. The molecule has 2 rings (SSSR count). The third-order valence-electron chi connectivity index (χ3n) is 2.28. The SMILES string of the molecule is CNCc1ncc(-c2ccccc2)c(=O)[nH]1. The van der Waals surface area contributed by atoms with Gasteiger partial charge >= 0.3 is 0 Å². The number of rotatable bonds is 3. The lowest BCUT2D eigenvalue weighted by Crippen LogP contribution is -2.17. The van der Waals surface area contributed by atoms with Crippen LogP contribution in [0.15, 0.2) is 41.3 Å². The van der Waals surface area contributed by atoms with Crippen molar-refractivity contribution in [3.63, 3.8) is 0 Å². The monoisotopic (exact) mass is 215 g/mol. The van der Waals surface area contributed by atoms with E-state index >= 15 is 0 Å². The first-order valence-corrected chi connectivity index (χ1v) is 5.09. The zero-order chi connectivity index (χ0) is 11.4. The van der Waals surface area contributed by atoms with Crippen molar-refractivity contribution in [3.05, 3.63) is 52.7 Å². The molecule has 1 aromatic heterocycles. The lowest BCUT2D eigenvalue weighted by Gasteiger charge is -2.02. The smallest absolute Gasteiger partial charge is 0.258 e. The predicted molar refractivity (Wildman–Crippen MR) is 63.1 cm³/mol. The van der Waals surface area contributed by atoms with Gasteiger partial charge in [-0.25, -0.2) is 4.98 Å². The highest BCUT2D eigenvalue weighted by Crippen LogP contribution is 2.12.